The number of hydrogen-bond acceptors (Lipinski definition) is 2. The fourth-order valence-corrected chi connectivity index (χ4v) is 1.41. The summed E-state index contributed by atoms with van der Waals surface area (Å²) < 4.78 is 29.9. The highest BCUT2D eigenvalue weighted by Gasteiger charge is 2.16. The molecular formula is C10H9ClF2O2. The van der Waals surface area contributed by atoms with Crippen LogP contribution in [-0.2, 0) is 16.0 Å². The Morgan fingerprint density at radius 3 is 2.40 bits per heavy atom. The van der Waals surface area contributed by atoms with Gasteiger partial charge < -0.3 is 4.74 Å². The van der Waals surface area contributed by atoms with Crippen LogP contribution >= 0.6 is 11.6 Å². The summed E-state index contributed by atoms with van der Waals surface area (Å²) in [5, 5.41) is -0.934. The minimum atomic E-state index is -0.934. The zero-order valence-corrected chi connectivity index (χ0v) is 8.72. The fraction of sp³-hybridized carbons (Fsp3) is 0.300. The van der Waals surface area contributed by atoms with Crippen LogP contribution in [0.2, 0.25) is 0 Å². The van der Waals surface area contributed by atoms with Gasteiger partial charge in [0.05, 0.1) is 7.11 Å². The van der Waals surface area contributed by atoms with Crippen LogP contribution in [0.4, 0.5) is 8.78 Å². The van der Waals surface area contributed by atoms with Gasteiger partial charge in [0.15, 0.2) is 0 Å². The number of carbonyl (C=O) groups is 1. The number of carbonyl (C=O) groups excluding carboxylic acids is 1. The SMILES string of the molecule is COC(=O)C(Cl)Cc1cc(F)cc(F)c1. The molecule has 0 saturated carbocycles. The van der Waals surface area contributed by atoms with Crippen molar-refractivity contribution >= 4 is 17.6 Å². The average Bonchev–Trinajstić information content (AvgIpc) is 2.14. The maximum atomic E-state index is 12.8. The minimum absolute atomic E-state index is 0.0307. The van der Waals surface area contributed by atoms with Crippen molar-refractivity contribution in [2.75, 3.05) is 7.11 Å². The molecule has 82 valence electrons. The van der Waals surface area contributed by atoms with E-state index in [1.165, 1.54) is 7.11 Å². The number of ether oxygens (including phenoxy) is 1. The fourth-order valence-electron chi connectivity index (χ4n) is 1.15. The van der Waals surface area contributed by atoms with Crippen LogP contribution in [0.25, 0.3) is 0 Å². The van der Waals surface area contributed by atoms with Crippen molar-refractivity contribution in [1.29, 1.82) is 0 Å². The van der Waals surface area contributed by atoms with Crippen molar-refractivity contribution in [3.63, 3.8) is 0 Å². The second-order valence-corrected chi connectivity index (χ2v) is 3.50. The van der Waals surface area contributed by atoms with Crippen LogP contribution in [0.15, 0.2) is 18.2 Å². The Hall–Kier alpha value is -1.16. The monoisotopic (exact) mass is 234 g/mol. The highest BCUT2D eigenvalue weighted by Crippen LogP contribution is 2.13. The smallest absolute Gasteiger partial charge is 0.324 e. The predicted octanol–water partition coefficient (Wildman–Crippen LogP) is 2.29. The van der Waals surface area contributed by atoms with E-state index in [1.807, 2.05) is 0 Å². The van der Waals surface area contributed by atoms with Crippen molar-refractivity contribution in [3.8, 4) is 0 Å². The lowest BCUT2D eigenvalue weighted by Crippen LogP contribution is -2.18. The van der Waals surface area contributed by atoms with E-state index in [0.717, 1.165) is 18.2 Å². The van der Waals surface area contributed by atoms with E-state index in [2.05, 4.69) is 4.74 Å². The molecule has 15 heavy (non-hydrogen) atoms. The van der Waals surface area contributed by atoms with Gasteiger partial charge in [0.2, 0.25) is 0 Å². The van der Waals surface area contributed by atoms with Gasteiger partial charge in [-0.05, 0) is 24.1 Å². The standard InChI is InChI=1S/C10H9ClF2O2/c1-15-10(14)9(11)4-6-2-7(12)5-8(13)3-6/h2-3,5,9H,4H2,1H3. The molecule has 1 rings (SSSR count). The number of halogens is 3. The van der Waals surface area contributed by atoms with Gasteiger partial charge in [-0.3, -0.25) is 4.79 Å². The molecule has 1 aromatic rings. The summed E-state index contributed by atoms with van der Waals surface area (Å²) in [7, 11) is 1.20. The molecular weight excluding hydrogens is 226 g/mol. The molecule has 0 aliphatic heterocycles. The molecule has 0 bridgehead atoms. The summed E-state index contributed by atoms with van der Waals surface area (Å²) in [6.45, 7) is 0. The Morgan fingerprint density at radius 1 is 1.40 bits per heavy atom. The van der Waals surface area contributed by atoms with E-state index < -0.39 is 23.0 Å². The third-order valence-corrected chi connectivity index (χ3v) is 2.13. The molecule has 5 heteroatoms. The van der Waals surface area contributed by atoms with Crippen LogP contribution in [0.1, 0.15) is 5.56 Å². The van der Waals surface area contributed by atoms with Gasteiger partial charge in [0, 0.05) is 6.07 Å². The molecule has 1 atom stereocenters. The Bertz CT molecular complexity index is 348. The largest absolute Gasteiger partial charge is 0.468 e. The first-order chi connectivity index (χ1) is 7.02. The van der Waals surface area contributed by atoms with Gasteiger partial charge in [-0.1, -0.05) is 0 Å². The van der Waals surface area contributed by atoms with E-state index in [9.17, 15) is 13.6 Å². The van der Waals surface area contributed by atoms with Gasteiger partial charge in [0.1, 0.15) is 17.0 Å². The van der Waals surface area contributed by atoms with Crippen molar-refractivity contribution < 1.29 is 18.3 Å². The lowest BCUT2D eigenvalue weighted by molar-refractivity contribution is -0.140. The summed E-state index contributed by atoms with van der Waals surface area (Å²) in [5.41, 5.74) is 0.318. The summed E-state index contributed by atoms with van der Waals surface area (Å²) in [6.07, 6.45) is 0.0307. The molecule has 0 N–H and O–H groups in total. The second kappa shape index (κ2) is 5.07. The Labute approximate surface area is 90.8 Å². The maximum Gasteiger partial charge on any atom is 0.324 e. The molecule has 1 unspecified atom stereocenters. The van der Waals surface area contributed by atoms with Gasteiger partial charge in [0.25, 0.3) is 0 Å². The third-order valence-electron chi connectivity index (χ3n) is 1.79. The summed E-state index contributed by atoms with van der Waals surface area (Å²) >= 11 is 5.65. The van der Waals surface area contributed by atoms with E-state index in [-0.39, 0.29) is 6.42 Å². The second-order valence-electron chi connectivity index (χ2n) is 2.97. The van der Waals surface area contributed by atoms with Crippen molar-refractivity contribution in [1.82, 2.24) is 0 Å². The third kappa shape index (κ3) is 3.47. The quantitative estimate of drug-likeness (QED) is 0.593. The van der Waals surface area contributed by atoms with Gasteiger partial charge >= 0.3 is 5.97 Å². The molecule has 0 fully saturated rings. The number of hydrogen-bond donors (Lipinski definition) is 0. The van der Waals surface area contributed by atoms with Gasteiger partial charge in [-0.15, -0.1) is 11.6 Å². The minimum Gasteiger partial charge on any atom is -0.468 e. The first-order valence-electron chi connectivity index (χ1n) is 4.20. The maximum absolute atomic E-state index is 12.8. The molecule has 1 aromatic carbocycles. The highest BCUT2D eigenvalue weighted by molar-refractivity contribution is 6.30. The topological polar surface area (TPSA) is 26.3 Å². The molecule has 0 amide bonds. The zero-order chi connectivity index (χ0) is 11.4. The molecule has 0 aliphatic rings. The Morgan fingerprint density at radius 2 is 1.93 bits per heavy atom. The Balaban J connectivity index is 2.76. The average molecular weight is 235 g/mol. The van der Waals surface area contributed by atoms with Crippen LogP contribution in [0.3, 0.4) is 0 Å². The molecule has 0 radical (unpaired) electrons. The molecule has 2 nitrogen and oxygen atoms in total. The van der Waals surface area contributed by atoms with E-state index in [0.29, 0.717) is 5.56 Å². The number of rotatable bonds is 3. The number of benzene rings is 1. The lowest BCUT2D eigenvalue weighted by Gasteiger charge is -2.07. The number of methoxy groups -OCH3 is 1. The Kier molecular flexibility index (Phi) is 4.03. The lowest BCUT2D eigenvalue weighted by atomic mass is 10.1. The van der Waals surface area contributed by atoms with Gasteiger partial charge in [-0.2, -0.15) is 0 Å². The van der Waals surface area contributed by atoms with Crippen LogP contribution in [-0.4, -0.2) is 18.5 Å². The molecule has 0 saturated heterocycles. The van der Waals surface area contributed by atoms with Gasteiger partial charge in [-0.25, -0.2) is 8.78 Å². The van der Waals surface area contributed by atoms with Crippen LogP contribution in [0, 0.1) is 11.6 Å². The first-order valence-corrected chi connectivity index (χ1v) is 4.63. The van der Waals surface area contributed by atoms with Crippen molar-refractivity contribution in [2.45, 2.75) is 11.8 Å². The van der Waals surface area contributed by atoms with E-state index >= 15 is 0 Å². The van der Waals surface area contributed by atoms with Crippen LogP contribution < -0.4 is 0 Å². The van der Waals surface area contributed by atoms with E-state index in [4.69, 9.17) is 11.6 Å². The van der Waals surface area contributed by atoms with Crippen LogP contribution in [0.5, 0.6) is 0 Å². The summed E-state index contributed by atoms with van der Waals surface area (Å²) in [4.78, 5) is 10.9. The molecule has 0 aliphatic carbocycles. The predicted molar refractivity (Wildman–Crippen MR) is 51.7 cm³/mol. The highest BCUT2D eigenvalue weighted by atomic mass is 35.5. The number of esters is 1. The molecule has 0 spiro atoms. The molecule has 0 heterocycles. The first kappa shape index (κ1) is 11.9. The number of alkyl halides is 1. The van der Waals surface area contributed by atoms with E-state index in [1.54, 1.807) is 0 Å². The van der Waals surface area contributed by atoms with Crippen molar-refractivity contribution in [2.24, 2.45) is 0 Å². The zero-order valence-electron chi connectivity index (χ0n) is 7.97. The van der Waals surface area contributed by atoms with Crippen molar-refractivity contribution in [3.05, 3.63) is 35.4 Å². The normalized spacial score (nSPS) is 12.3. The summed E-state index contributed by atoms with van der Waals surface area (Å²) in [5.74, 6) is -2.01. The molecule has 0 aromatic heterocycles. The summed E-state index contributed by atoms with van der Waals surface area (Å²) in [6, 6.07) is 3.01.